The van der Waals surface area contributed by atoms with E-state index in [1.165, 1.54) is 21.1 Å². The van der Waals surface area contributed by atoms with Gasteiger partial charge in [-0.05, 0) is 13.0 Å². The summed E-state index contributed by atoms with van der Waals surface area (Å²) in [7, 11) is 3.03. The first-order chi connectivity index (χ1) is 9.63. The van der Waals surface area contributed by atoms with Crippen molar-refractivity contribution in [1.29, 1.82) is 0 Å². The second-order valence-electron chi connectivity index (χ2n) is 4.22. The monoisotopic (exact) mass is 273 g/mol. The van der Waals surface area contributed by atoms with Crippen molar-refractivity contribution in [3.63, 3.8) is 0 Å². The Morgan fingerprint density at radius 2 is 1.80 bits per heavy atom. The minimum atomic E-state index is -0.409. The third-order valence-electron chi connectivity index (χ3n) is 3.10. The number of oxime groups is 1. The Balaban J connectivity index is 2.81. The molecular formula is C15H15NO4. The Hall–Kier alpha value is -2.56. The maximum atomic E-state index is 12.2. The summed E-state index contributed by atoms with van der Waals surface area (Å²) in [6, 6.07) is 9.06. The number of hydrogen-bond donors (Lipinski definition) is 1. The van der Waals surface area contributed by atoms with Crippen LogP contribution in [-0.4, -0.2) is 30.9 Å². The quantitative estimate of drug-likeness (QED) is 0.402. The first kappa shape index (κ1) is 13.9. The molecule has 0 aliphatic heterocycles. The van der Waals surface area contributed by atoms with E-state index in [2.05, 4.69) is 5.16 Å². The highest BCUT2D eigenvalue weighted by molar-refractivity contribution is 6.46. The second kappa shape index (κ2) is 5.61. The fraction of sp³-hybridized carbons (Fsp3) is 0.200. The first-order valence-electron chi connectivity index (χ1n) is 6.01. The summed E-state index contributed by atoms with van der Waals surface area (Å²) in [6.07, 6.45) is 0. The Morgan fingerprint density at radius 3 is 2.35 bits per heavy atom. The van der Waals surface area contributed by atoms with Gasteiger partial charge in [0.1, 0.15) is 17.2 Å². The minimum absolute atomic E-state index is 0.0133. The van der Waals surface area contributed by atoms with Crippen LogP contribution < -0.4 is 9.47 Å². The van der Waals surface area contributed by atoms with E-state index in [1.54, 1.807) is 6.07 Å². The number of ether oxygens (including phenoxy) is 2. The fourth-order valence-corrected chi connectivity index (χ4v) is 2.11. The van der Waals surface area contributed by atoms with Crippen LogP contribution >= 0.6 is 0 Å². The molecule has 0 saturated heterocycles. The fourth-order valence-electron chi connectivity index (χ4n) is 2.11. The van der Waals surface area contributed by atoms with Crippen LogP contribution in [0.4, 0.5) is 0 Å². The van der Waals surface area contributed by atoms with Gasteiger partial charge in [-0.1, -0.05) is 29.4 Å². The SMILES string of the molecule is COc1cc(C(=O)/C(C)=N/O)c(OC)c2ccccc12. The van der Waals surface area contributed by atoms with Gasteiger partial charge in [-0.15, -0.1) is 0 Å². The van der Waals surface area contributed by atoms with Gasteiger partial charge in [0.05, 0.1) is 19.8 Å². The van der Waals surface area contributed by atoms with E-state index in [1.807, 2.05) is 24.3 Å². The van der Waals surface area contributed by atoms with E-state index < -0.39 is 5.78 Å². The van der Waals surface area contributed by atoms with E-state index in [4.69, 9.17) is 14.7 Å². The van der Waals surface area contributed by atoms with Gasteiger partial charge in [0, 0.05) is 10.8 Å². The lowest BCUT2D eigenvalue weighted by Crippen LogP contribution is -2.12. The van der Waals surface area contributed by atoms with Crippen LogP contribution in [0, 0.1) is 0 Å². The molecule has 0 atom stereocenters. The van der Waals surface area contributed by atoms with Gasteiger partial charge in [0.15, 0.2) is 0 Å². The number of methoxy groups -OCH3 is 2. The number of hydrogen-bond acceptors (Lipinski definition) is 5. The standard InChI is InChI=1S/C15H15NO4/c1-9(16-18)14(17)12-8-13(19-2)10-6-4-5-7-11(10)15(12)20-3/h4-8,18H,1-3H3/b16-9+. The molecule has 0 fully saturated rings. The zero-order valence-electron chi connectivity index (χ0n) is 11.5. The van der Waals surface area contributed by atoms with Crippen LogP contribution in [0.3, 0.4) is 0 Å². The molecule has 0 spiro atoms. The molecule has 0 aromatic heterocycles. The molecule has 0 aliphatic carbocycles. The number of fused-ring (bicyclic) bond motifs is 1. The predicted octanol–water partition coefficient (Wildman–Crippen LogP) is 2.89. The van der Waals surface area contributed by atoms with Crippen molar-refractivity contribution in [2.75, 3.05) is 14.2 Å². The van der Waals surface area contributed by atoms with Crippen molar-refractivity contribution in [2.24, 2.45) is 5.16 Å². The zero-order valence-corrected chi connectivity index (χ0v) is 11.5. The lowest BCUT2D eigenvalue weighted by molar-refractivity contribution is 0.105. The number of benzene rings is 2. The Kier molecular flexibility index (Phi) is 3.89. The summed E-state index contributed by atoms with van der Waals surface area (Å²) in [5.41, 5.74) is 0.291. The van der Waals surface area contributed by atoms with Gasteiger partial charge in [-0.3, -0.25) is 4.79 Å². The largest absolute Gasteiger partial charge is 0.496 e. The van der Waals surface area contributed by atoms with Crippen LogP contribution in [0.15, 0.2) is 35.5 Å². The van der Waals surface area contributed by atoms with Crippen molar-refractivity contribution in [1.82, 2.24) is 0 Å². The number of carbonyl (C=O) groups excluding carboxylic acids is 1. The molecule has 1 N–H and O–H groups in total. The predicted molar refractivity (Wildman–Crippen MR) is 76.3 cm³/mol. The van der Waals surface area contributed by atoms with E-state index >= 15 is 0 Å². The van der Waals surface area contributed by atoms with Crippen LogP contribution in [0.1, 0.15) is 17.3 Å². The van der Waals surface area contributed by atoms with Crippen molar-refractivity contribution in [3.05, 3.63) is 35.9 Å². The molecule has 0 unspecified atom stereocenters. The molecule has 0 heterocycles. The van der Waals surface area contributed by atoms with E-state index in [0.717, 1.165) is 10.8 Å². The Morgan fingerprint density at radius 1 is 1.15 bits per heavy atom. The van der Waals surface area contributed by atoms with Gasteiger partial charge < -0.3 is 14.7 Å². The molecule has 2 aromatic rings. The molecule has 5 nitrogen and oxygen atoms in total. The van der Waals surface area contributed by atoms with E-state index in [0.29, 0.717) is 17.1 Å². The smallest absolute Gasteiger partial charge is 0.214 e. The van der Waals surface area contributed by atoms with Crippen LogP contribution in [0.5, 0.6) is 11.5 Å². The molecule has 5 heteroatoms. The van der Waals surface area contributed by atoms with Crippen LogP contribution in [0.25, 0.3) is 10.8 Å². The average Bonchev–Trinajstić information content (AvgIpc) is 2.51. The van der Waals surface area contributed by atoms with Crippen LogP contribution in [0.2, 0.25) is 0 Å². The maximum Gasteiger partial charge on any atom is 0.214 e. The number of Topliss-reactive ketones (excluding diaryl/α,β-unsaturated/α-hetero) is 1. The number of ketones is 1. The van der Waals surface area contributed by atoms with Gasteiger partial charge in [0.25, 0.3) is 0 Å². The molecule has 0 bridgehead atoms. The topological polar surface area (TPSA) is 68.1 Å². The summed E-state index contributed by atoms with van der Waals surface area (Å²) in [4.78, 5) is 12.2. The van der Waals surface area contributed by atoms with Gasteiger partial charge in [-0.2, -0.15) is 0 Å². The third kappa shape index (κ3) is 2.18. The second-order valence-corrected chi connectivity index (χ2v) is 4.22. The van der Waals surface area contributed by atoms with Crippen molar-refractivity contribution < 1.29 is 19.5 Å². The third-order valence-corrected chi connectivity index (χ3v) is 3.10. The lowest BCUT2D eigenvalue weighted by Gasteiger charge is -2.14. The van der Waals surface area contributed by atoms with Crippen molar-refractivity contribution >= 4 is 22.3 Å². The molecule has 2 aromatic carbocycles. The van der Waals surface area contributed by atoms with Gasteiger partial charge in [0.2, 0.25) is 5.78 Å². The van der Waals surface area contributed by atoms with E-state index in [9.17, 15) is 4.79 Å². The lowest BCUT2D eigenvalue weighted by atomic mass is 9.99. The Labute approximate surface area is 116 Å². The molecule has 0 saturated carbocycles. The molecule has 104 valence electrons. The van der Waals surface area contributed by atoms with Crippen molar-refractivity contribution in [2.45, 2.75) is 6.92 Å². The molecule has 0 radical (unpaired) electrons. The first-order valence-corrected chi connectivity index (χ1v) is 6.01. The summed E-state index contributed by atoms with van der Waals surface area (Å²) >= 11 is 0. The highest BCUT2D eigenvalue weighted by Gasteiger charge is 2.20. The molecular weight excluding hydrogens is 258 g/mol. The van der Waals surface area contributed by atoms with Gasteiger partial charge >= 0.3 is 0 Å². The minimum Gasteiger partial charge on any atom is -0.496 e. The maximum absolute atomic E-state index is 12.2. The molecule has 0 amide bonds. The average molecular weight is 273 g/mol. The number of carbonyl (C=O) groups is 1. The highest BCUT2D eigenvalue weighted by Crippen LogP contribution is 2.36. The summed E-state index contributed by atoms with van der Waals surface area (Å²) < 4.78 is 10.7. The molecule has 2 rings (SSSR count). The summed E-state index contributed by atoms with van der Waals surface area (Å²) in [6.45, 7) is 1.43. The number of nitrogens with zero attached hydrogens (tertiary/aromatic N) is 1. The van der Waals surface area contributed by atoms with Gasteiger partial charge in [-0.25, -0.2) is 0 Å². The number of rotatable bonds is 4. The molecule has 0 aliphatic rings. The van der Waals surface area contributed by atoms with Crippen molar-refractivity contribution in [3.8, 4) is 11.5 Å². The zero-order chi connectivity index (χ0) is 14.7. The summed E-state index contributed by atoms with van der Waals surface area (Å²) in [5.74, 6) is 0.596. The normalized spacial score (nSPS) is 11.4. The summed E-state index contributed by atoms with van der Waals surface area (Å²) in [5, 5.41) is 13.3. The highest BCUT2D eigenvalue weighted by atomic mass is 16.5. The molecule has 20 heavy (non-hydrogen) atoms. The Bertz CT molecular complexity index is 692. The van der Waals surface area contributed by atoms with Crippen LogP contribution in [-0.2, 0) is 0 Å². The van der Waals surface area contributed by atoms with E-state index in [-0.39, 0.29) is 5.71 Å².